The number of hydrogen-bond acceptors (Lipinski definition) is 4. The first kappa shape index (κ1) is 16.8. The summed E-state index contributed by atoms with van der Waals surface area (Å²) in [6.45, 7) is 5.54. The van der Waals surface area contributed by atoms with Crippen LogP contribution in [0, 0.1) is 0 Å². The predicted molar refractivity (Wildman–Crippen MR) is 89.1 cm³/mol. The zero-order valence-corrected chi connectivity index (χ0v) is 14.1. The summed E-state index contributed by atoms with van der Waals surface area (Å²) in [6, 6.07) is 8.32. The van der Waals surface area contributed by atoms with Crippen LogP contribution in [0.2, 0.25) is 0 Å². The van der Waals surface area contributed by atoms with E-state index in [1.165, 1.54) is 5.69 Å². The quantitative estimate of drug-likeness (QED) is 0.824. The van der Waals surface area contributed by atoms with Crippen LogP contribution in [0.4, 0.5) is 5.69 Å². The third kappa shape index (κ3) is 4.71. The van der Waals surface area contributed by atoms with Gasteiger partial charge in [0.2, 0.25) is 5.91 Å². The first-order valence-electron chi connectivity index (χ1n) is 7.80. The molecule has 1 aromatic carbocycles. The van der Waals surface area contributed by atoms with Crippen molar-refractivity contribution in [2.45, 2.75) is 19.6 Å². The highest BCUT2D eigenvalue weighted by Gasteiger charge is 2.20. The van der Waals surface area contributed by atoms with E-state index in [1.54, 1.807) is 4.90 Å². The van der Waals surface area contributed by atoms with Crippen LogP contribution in [0.5, 0.6) is 0 Å². The lowest BCUT2D eigenvalue weighted by atomic mass is 10.2. The normalized spacial score (nSPS) is 19.0. The molecule has 1 aliphatic rings. The van der Waals surface area contributed by atoms with E-state index in [4.69, 9.17) is 4.74 Å². The van der Waals surface area contributed by atoms with Crippen molar-refractivity contribution in [3.63, 3.8) is 0 Å². The van der Waals surface area contributed by atoms with Crippen LogP contribution in [-0.2, 0) is 16.1 Å². The molecule has 2 rings (SSSR count). The molecule has 22 heavy (non-hydrogen) atoms. The van der Waals surface area contributed by atoms with Gasteiger partial charge in [-0.25, -0.2) is 0 Å². The number of ether oxygens (including phenoxy) is 1. The van der Waals surface area contributed by atoms with Gasteiger partial charge in [0, 0.05) is 46.5 Å². The molecule has 1 heterocycles. The van der Waals surface area contributed by atoms with Gasteiger partial charge in [-0.1, -0.05) is 12.1 Å². The Kier molecular flexibility index (Phi) is 5.80. The average Bonchev–Trinajstić information content (AvgIpc) is 2.47. The van der Waals surface area contributed by atoms with Gasteiger partial charge in [-0.15, -0.1) is 0 Å². The first-order chi connectivity index (χ1) is 10.5. The van der Waals surface area contributed by atoms with Crippen LogP contribution in [0.15, 0.2) is 24.3 Å². The molecule has 0 radical (unpaired) electrons. The van der Waals surface area contributed by atoms with E-state index in [9.17, 15) is 4.79 Å². The molecule has 1 aromatic rings. The van der Waals surface area contributed by atoms with Gasteiger partial charge in [0.1, 0.15) is 0 Å². The van der Waals surface area contributed by atoms with Crippen LogP contribution < -0.4 is 4.90 Å². The smallest absolute Gasteiger partial charge is 0.236 e. The molecule has 0 spiro atoms. The fourth-order valence-electron chi connectivity index (χ4n) is 2.61. The number of carbonyl (C=O) groups is 1. The highest BCUT2D eigenvalue weighted by Crippen LogP contribution is 2.13. The van der Waals surface area contributed by atoms with E-state index >= 15 is 0 Å². The molecular formula is C17H27N3O2. The maximum absolute atomic E-state index is 12.3. The maximum atomic E-state index is 12.3. The lowest BCUT2D eigenvalue weighted by molar-refractivity contribution is -0.133. The fraction of sp³-hybridized carbons (Fsp3) is 0.588. The zero-order chi connectivity index (χ0) is 16.1. The van der Waals surface area contributed by atoms with E-state index < -0.39 is 0 Å². The third-order valence-corrected chi connectivity index (χ3v) is 3.98. The summed E-state index contributed by atoms with van der Waals surface area (Å²) in [4.78, 5) is 18.4. The Labute approximate surface area is 133 Å². The standard InChI is InChI=1S/C17H27N3O2/c1-14-11-20(9-10-22-14)13-17(21)19(4)12-15-5-7-16(8-6-15)18(2)3/h5-8,14H,9-13H2,1-4H3. The Bertz CT molecular complexity index is 487. The number of morpholine rings is 1. The van der Waals surface area contributed by atoms with E-state index in [0.717, 1.165) is 18.7 Å². The molecule has 0 aliphatic carbocycles. The summed E-state index contributed by atoms with van der Waals surface area (Å²) in [6.07, 6.45) is 0.213. The monoisotopic (exact) mass is 305 g/mol. The molecule has 0 saturated carbocycles. The Morgan fingerprint density at radius 1 is 1.27 bits per heavy atom. The van der Waals surface area contributed by atoms with Gasteiger partial charge < -0.3 is 14.5 Å². The van der Waals surface area contributed by atoms with E-state index in [2.05, 4.69) is 34.1 Å². The van der Waals surface area contributed by atoms with Crippen molar-refractivity contribution < 1.29 is 9.53 Å². The van der Waals surface area contributed by atoms with E-state index in [0.29, 0.717) is 19.7 Å². The minimum absolute atomic E-state index is 0.158. The minimum Gasteiger partial charge on any atom is -0.378 e. The van der Waals surface area contributed by atoms with Gasteiger partial charge in [0.15, 0.2) is 0 Å². The Morgan fingerprint density at radius 2 is 1.95 bits per heavy atom. The molecule has 1 atom stereocenters. The molecule has 1 fully saturated rings. The van der Waals surface area contributed by atoms with Crippen LogP contribution in [0.1, 0.15) is 12.5 Å². The number of carbonyl (C=O) groups excluding carboxylic acids is 1. The van der Waals surface area contributed by atoms with Crippen molar-refractivity contribution in [1.82, 2.24) is 9.80 Å². The Hall–Kier alpha value is -1.59. The van der Waals surface area contributed by atoms with Gasteiger partial charge >= 0.3 is 0 Å². The van der Waals surface area contributed by atoms with Gasteiger partial charge in [0.25, 0.3) is 0 Å². The van der Waals surface area contributed by atoms with E-state index in [1.807, 2.05) is 28.1 Å². The van der Waals surface area contributed by atoms with Crippen molar-refractivity contribution in [2.75, 3.05) is 52.3 Å². The van der Waals surface area contributed by atoms with Crippen LogP contribution in [0.3, 0.4) is 0 Å². The molecule has 0 aromatic heterocycles. The lowest BCUT2D eigenvalue weighted by Gasteiger charge is -2.31. The molecule has 122 valence electrons. The number of rotatable bonds is 5. The summed E-state index contributed by atoms with van der Waals surface area (Å²) in [5.74, 6) is 0.158. The molecule has 0 bridgehead atoms. The van der Waals surface area contributed by atoms with Crippen LogP contribution >= 0.6 is 0 Å². The molecular weight excluding hydrogens is 278 g/mol. The highest BCUT2D eigenvalue weighted by atomic mass is 16.5. The number of anilines is 1. The summed E-state index contributed by atoms with van der Waals surface area (Å²) >= 11 is 0. The first-order valence-corrected chi connectivity index (χ1v) is 7.80. The average molecular weight is 305 g/mol. The van der Waals surface area contributed by atoms with Gasteiger partial charge in [-0.2, -0.15) is 0 Å². The van der Waals surface area contributed by atoms with Gasteiger partial charge in [-0.05, 0) is 24.6 Å². The summed E-state index contributed by atoms with van der Waals surface area (Å²) in [5, 5.41) is 0. The number of likely N-dealkylation sites (N-methyl/N-ethyl adjacent to an activating group) is 1. The fourth-order valence-corrected chi connectivity index (χ4v) is 2.61. The molecule has 5 nitrogen and oxygen atoms in total. The van der Waals surface area contributed by atoms with Crippen LogP contribution in [0.25, 0.3) is 0 Å². The number of nitrogens with zero attached hydrogens (tertiary/aromatic N) is 3. The SMILES string of the molecule is CC1CN(CC(=O)N(C)Cc2ccc(N(C)C)cc2)CCO1. The number of benzene rings is 1. The zero-order valence-electron chi connectivity index (χ0n) is 14.1. The Morgan fingerprint density at radius 3 is 2.55 bits per heavy atom. The maximum Gasteiger partial charge on any atom is 0.236 e. The highest BCUT2D eigenvalue weighted by molar-refractivity contribution is 5.78. The van der Waals surface area contributed by atoms with Crippen molar-refractivity contribution in [1.29, 1.82) is 0 Å². The molecule has 1 saturated heterocycles. The Balaban J connectivity index is 1.85. The van der Waals surface area contributed by atoms with Crippen LogP contribution in [-0.4, -0.2) is 69.2 Å². The second-order valence-electron chi connectivity index (χ2n) is 6.23. The van der Waals surface area contributed by atoms with E-state index in [-0.39, 0.29) is 12.0 Å². The molecule has 1 aliphatic heterocycles. The third-order valence-electron chi connectivity index (χ3n) is 3.98. The number of amides is 1. The van der Waals surface area contributed by atoms with Crippen molar-refractivity contribution in [2.24, 2.45) is 0 Å². The lowest BCUT2D eigenvalue weighted by Crippen LogP contribution is -2.46. The van der Waals surface area contributed by atoms with Gasteiger partial charge in [0.05, 0.1) is 19.3 Å². The minimum atomic E-state index is 0.158. The summed E-state index contributed by atoms with van der Waals surface area (Å²) in [5.41, 5.74) is 2.32. The van der Waals surface area contributed by atoms with Crippen molar-refractivity contribution in [3.8, 4) is 0 Å². The largest absolute Gasteiger partial charge is 0.378 e. The molecule has 0 N–H and O–H groups in total. The topological polar surface area (TPSA) is 36.0 Å². The molecule has 1 amide bonds. The molecule has 5 heteroatoms. The predicted octanol–water partition coefficient (Wildman–Crippen LogP) is 1.43. The van der Waals surface area contributed by atoms with Crippen molar-refractivity contribution >= 4 is 11.6 Å². The second kappa shape index (κ2) is 7.61. The number of hydrogen-bond donors (Lipinski definition) is 0. The second-order valence-corrected chi connectivity index (χ2v) is 6.23. The van der Waals surface area contributed by atoms with Gasteiger partial charge in [-0.3, -0.25) is 9.69 Å². The summed E-state index contributed by atoms with van der Waals surface area (Å²) < 4.78 is 5.51. The summed E-state index contributed by atoms with van der Waals surface area (Å²) in [7, 11) is 5.91. The van der Waals surface area contributed by atoms with Crippen molar-refractivity contribution in [3.05, 3.63) is 29.8 Å². The molecule has 1 unspecified atom stereocenters.